The van der Waals surface area contributed by atoms with Gasteiger partial charge in [0.25, 0.3) is 11.5 Å². The number of carbonyl (C=O) groups excluding carboxylic acids is 1. The molecule has 0 saturated carbocycles. The first-order valence-corrected chi connectivity index (χ1v) is 10.0. The zero-order valence-electron chi connectivity index (χ0n) is 18.3. The topological polar surface area (TPSA) is 152 Å². The van der Waals surface area contributed by atoms with Crippen LogP contribution in [0.15, 0.2) is 58.4 Å². The van der Waals surface area contributed by atoms with Gasteiger partial charge in [-0.25, -0.2) is 4.98 Å². The Morgan fingerprint density at radius 2 is 2.03 bits per heavy atom. The van der Waals surface area contributed by atoms with E-state index >= 15 is 8.78 Å². The van der Waals surface area contributed by atoms with E-state index in [1.165, 1.54) is 48.4 Å². The van der Waals surface area contributed by atoms with Gasteiger partial charge in [0, 0.05) is 25.9 Å². The summed E-state index contributed by atoms with van der Waals surface area (Å²) < 4.78 is 39.0. The number of aromatic nitrogens is 5. The van der Waals surface area contributed by atoms with Crippen molar-refractivity contribution in [2.24, 2.45) is 14.1 Å². The number of aryl methyl sites for hydroxylation is 1. The second-order valence-corrected chi connectivity index (χ2v) is 7.57. The molecule has 0 aliphatic heterocycles. The van der Waals surface area contributed by atoms with Crippen molar-refractivity contribution in [3.63, 3.8) is 0 Å². The Labute approximate surface area is 195 Å². The zero-order chi connectivity index (χ0) is 25.3. The van der Waals surface area contributed by atoms with Crippen LogP contribution in [0.4, 0.5) is 14.5 Å². The second kappa shape index (κ2) is 8.82. The number of hydrogen-bond donors (Lipinski definition) is 2. The van der Waals surface area contributed by atoms with Crippen molar-refractivity contribution in [3.8, 4) is 11.8 Å². The minimum Gasteiger partial charge on any atom is -0.501 e. The molecule has 4 aromatic rings. The van der Waals surface area contributed by atoms with Crippen LogP contribution in [-0.2, 0) is 20.0 Å². The van der Waals surface area contributed by atoms with Gasteiger partial charge in [0.05, 0.1) is 29.9 Å². The molecule has 178 valence electrons. The van der Waals surface area contributed by atoms with Crippen molar-refractivity contribution >= 4 is 11.6 Å². The van der Waals surface area contributed by atoms with Crippen molar-refractivity contribution in [2.75, 3.05) is 5.32 Å². The van der Waals surface area contributed by atoms with E-state index < -0.39 is 40.6 Å². The molecule has 3 heterocycles. The molecule has 1 amide bonds. The third-order valence-electron chi connectivity index (χ3n) is 5.28. The van der Waals surface area contributed by atoms with E-state index in [4.69, 9.17) is 0 Å². The highest BCUT2D eigenvalue weighted by Crippen LogP contribution is 2.46. The monoisotopic (exact) mass is 481 g/mol. The summed E-state index contributed by atoms with van der Waals surface area (Å²) in [6, 6.07) is 7.67. The van der Waals surface area contributed by atoms with Crippen molar-refractivity contribution in [1.29, 1.82) is 5.26 Å². The zero-order valence-corrected chi connectivity index (χ0v) is 18.3. The van der Waals surface area contributed by atoms with Gasteiger partial charge < -0.3 is 14.9 Å². The Kier molecular flexibility index (Phi) is 5.87. The quantitative estimate of drug-likeness (QED) is 0.425. The van der Waals surface area contributed by atoms with Gasteiger partial charge in [0.2, 0.25) is 5.75 Å². The van der Waals surface area contributed by atoms with Gasteiger partial charge in [-0.3, -0.25) is 18.8 Å². The number of hydrogen-bond acceptors (Lipinski definition) is 8. The van der Waals surface area contributed by atoms with Gasteiger partial charge >= 0.3 is 5.92 Å². The van der Waals surface area contributed by atoms with Crippen LogP contribution in [0.1, 0.15) is 38.9 Å². The minimum absolute atomic E-state index is 0.0183. The van der Waals surface area contributed by atoms with Gasteiger partial charge in [-0.1, -0.05) is 23.4 Å². The number of rotatable bonds is 6. The number of alkyl halides is 2. The van der Waals surface area contributed by atoms with Crippen LogP contribution in [0.25, 0.3) is 0 Å². The lowest BCUT2D eigenvalue weighted by Crippen LogP contribution is -2.36. The fourth-order valence-electron chi connectivity index (χ4n) is 3.66. The van der Waals surface area contributed by atoms with Gasteiger partial charge in [0.1, 0.15) is 12.0 Å². The minimum atomic E-state index is -3.94. The van der Waals surface area contributed by atoms with Crippen LogP contribution in [0.5, 0.6) is 5.75 Å². The number of carbonyl (C=O) groups is 1. The standard InChI is InChI=1S/C22H17F2N7O4/c1-30-10-13(8-26-30)16(15-6-4-3-5-12(15)7-25)22(23,24)21-29-17(18(32)20(34)31(21)2)19(33)28-14-9-27-35-11-14/h3-6,8-11,16,32H,1-2H3,(H,28,33)/t16-/m1/s1. The normalized spacial score (nSPS) is 12.2. The maximum atomic E-state index is 16.3. The summed E-state index contributed by atoms with van der Waals surface area (Å²) in [7, 11) is 2.53. The van der Waals surface area contributed by atoms with Crippen LogP contribution in [0.2, 0.25) is 0 Å². The van der Waals surface area contributed by atoms with Crippen LogP contribution in [0.3, 0.4) is 0 Å². The third kappa shape index (κ3) is 4.12. The predicted molar refractivity (Wildman–Crippen MR) is 116 cm³/mol. The molecule has 0 aliphatic rings. The number of aromatic hydroxyl groups is 1. The molecule has 0 unspecified atom stereocenters. The van der Waals surface area contributed by atoms with E-state index in [2.05, 4.69) is 25.1 Å². The molecule has 1 atom stereocenters. The lowest BCUT2D eigenvalue weighted by Gasteiger charge is -2.28. The molecule has 0 spiro atoms. The van der Waals surface area contributed by atoms with Crippen molar-refractivity contribution in [1.82, 2.24) is 24.5 Å². The first kappa shape index (κ1) is 23.3. The molecule has 3 aromatic heterocycles. The fraction of sp³-hybridized carbons (Fsp3) is 0.182. The van der Waals surface area contributed by atoms with Gasteiger partial charge in [-0.15, -0.1) is 0 Å². The van der Waals surface area contributed by atoms with Crippen LogP contribution >= 0.6 is 0 Å². The lowest BCUT2D eigenvalue weighted by molar-refractivity contribution is -0.0349. The number of benzene rings is 1. The molecule has 11 nitrogen and oxygen atoms in total. The molecule has 0 bridgehead atoms. The number of amides is 1. The van der Waals surface area contributed by atoms with Crippen LogP contribution in [-0.4, -0.2) is 35.5 Å². The number of anilines is 1. The Balaban J connectivity index is 1.92. The highest BCUT2D eigenvalue weighted by Gasteiger charge is 2.49. The second-order valence-electron chi connectivity index (χ2n) is 7.57. The molecule has 1 aromatic carbocycles. The van der Waals surface area contributed by atoms with Crippen molar-refractivity contribution < 1.29 is 23.2 Å². The summed E-state index contributed by atoms with van der Waals surface area (Å²) >= 11 is 0. The average Bonchev–Trinajstić information content (AvgIpc) is 3.49. The molecule has 0 aliphatic carbocycles. The first-order valence-electron chi connectivity index (χ1n) is 10.0. The van der Waals surface area contributed by atoms with Crippen LogP contribution < -0.4 is 10.9 Å². The molecule has 0 fully saturated rings. The third-order valence-corrected chi connectivity index (χ3v) is 5.28. The molecule has 13 heteroatoms. The summed E-state index contributed by atoms with van der Waals surface area (Å²) in [6.45, 7) is 0. The molecule has 0 saturated heterocycles. The van der Waals surface area contributed by atoms with E-state index in [0.717, 1.165) is 19.5 Å². The lowest BCUT2D eigenvalue weighted by atomic mass is 9.84. The van der Waals surface area contributed by atoms with E-state index in [1.807, 2.05) is 6.07 Å². The molecular formula is C22H17F2N7O4. The number of nitriles is 1. The number of nitrogens with zero attached hydrogens (tertiary/aromatic N) is 6. The maximum absolute atomic E-state index is 16.3. The molecule has 2 N–H and O–H groups in total. The molecule has 4 rings (SSSR count). The number of halogens is 2. The van der Waals surface area contributed by atoms with E-state index in [0.29, 0.717) is 4.57 Å². The Bertz CT molecular complexity index is 1500. The Morgan fingerprint density at radius 3 is 2.66 bits per heavy atom. The Morgan fingerprint density at radius 1 is 1.29 bits per heavy atom. The molecular weight excluding hydrogens is 464 g/mol. The Hall–Kier alpha value is -4.86. The molecule has 0 radical (unpaired) electrons. The summed E-state index contributed by atoms with van der Waals surface area (Å²) in [5, 5.41) is 29.4. The average molecular weight is 481 g/mol. The van der Waals surface area contributed by atoms with Gasteiger partial charge in [-0.05, 0) is 11.6 Å². The van der Waals surface area contributed by atoms with E-state index in [9.17, 15) is 20.0 Å². The fourth-order valence-corrected chi connectivity index (χ4v) is 3.66. The van der Waals surface area contributed by atoms with Crippen molar-refractivity contribution in [2.45, 2.75) is 11.8 Å². The van der Waals surface area contributed by atoms with Gasteiger partial charge in [0.15, 0.2) is 11.5 Å². The predicted octanol–water partition coefficient (Wildman–Crippen LogP) is 2.26. The summed E-state index contributed by atoms with van der Waals surface area (Å²) in [5.74, 6) is -9.09. The summed E-state index contributed by atoms with van der Waals surface area (Å²) in [4.78, 5) is 29.0. The van der Waals surface area contributed by atoms with E-state index in [-0.39, 0.29) is 22.4 Å². The molecule has 35 heavy (non-hydrogen) atoms. The largest absolute Gasteiger partial charge is 0.501 e. The maximum Gasteiger partial charge on any atom is 0.315 e. The van der Waals surface area contributed by atoms with Gasteiger partial charge in [-0.2, -0.15) is 19.1 Å². The smallest absolute Gasteiger partial charge is 0.315 e. The summed E-state index contributed by atoms with van der Waals surface area (Å²) in [6.07, 6.45) is 4.75. The van der Waals surface area contributed by atoms with Crippen LogP contribution in [0, 0.1) is 11.3 Å². The number of nitrogens with one attached hydrogen (secondary N) is 1. The van der Waals surface area contributed by atoms with E-state index in [1.54, 1.807) is 0 Å². The highest BCUT2D eigenvalue weighted by atomic mass is 19.3. The first-order chi connectivity index (χ1) is 16.6. The highest BCUT2D eigenvalue weighted by molar-refractivity contribution is 6.04. The SMILES string of the molecule is Cn1cc([C@H](c2ccccc2C#N)C(F)(F)c2nc(C(=O)Nc3cnoc3)c(O)c(=O)n2C)cn1. The van der Waals surface area contributed by atoms with Crippen molar-refractivity contribution in [3.05, 3.63) is 87.7 Å². The summed E-state index contributed by atoms with van der Waals surface area (Å²) in [5.41, 5.74) is -2.13.